The van der Waals surface area contributed by atoms with Gasteiger partial charge in [0.1, 0.15) is 10.9 Å². The molecule has 0 unspecified atom stereocenters. The van der Waals surface area contributed by atoms with Crippen LogP contribution in [-0.2, 0) is 18.3 Å². The number of hydrogen-bond acceptors (Lipinski definition) is 3. The Labute approximate surface area is 159 Å². The van der Waals surface area contributed by atoms with E-state index in [1.165, 1.54) is 0 Å². The third-order valence-corrected chi connectivity index (χ3v) is 4.04. The molecule has 7 heteroatoms. The summed E-state index contributed by atoms with van der Waals surface area (Å²) in [6.07, 6.45) is 4.78. The van der Waals surface area contributed by atoms with Crippen LogP contribution in [0.15, 0.2) is 30.5 Å². The molecule has 0 aliphatic carbocycles. The zero-order chi connectivity index (χ0) is 19.5. The van der Waals surface area contributed by atoms with Crippen LogP contribution in [0, 0.1) is 0 Å². The van der Waals surface area contributed by atoms with Crippen LogP contribution in [-0.4, -0.2) is 23.5 Å². The van der Waals surface area contributed by atoms with Crippen molar-refractivity contribution in [1.29, 1.82) is 0 Å². The van der Waals surface area contributed by atoms with Gasteiger partial charge in [-0.15, -0.1) is 0 Å². The minimum atomic E-state index is -0.184. The van der Waals surface area contributed by atoms with E-state index in [1.807, 2.05) is 42.9 Å². The Morgan fingerprint density at radius 2 is 1.96 bits per heavy atom. The number of benzene rings is 1. The number of halogens is 1. The molecule has 0 spiro atoms. The standard InChI is InChI=1S/C18H23ClN2O2.CH3NO/c1-4-8-13-15(12-21(3)17(13)19)20-18(22)14-9-6-7-10-16(14)23-11-5-2;2-1-3/h6-7,9-10,12H,4-5,8,11H2,1-3H3,(H,20,22);1H,(H2,2,3). The van der Waals surface area contributed by atoms with Gasteiger partial charge >= 0.3 is 0 Å². The fourth-order valence-electron chi connectivity index (χ4n) is 2.43. The summed E-state index contributed by atoms with van der Waals surface area (Å²) in [5, 5.41) is 3.63. The largest absolute Gasteiger partial charge is 0.493 e. The number of carbonyl (C=O) groups excluding carboxylic acids is 2. The van der Waals surface area contributed by atoms with E-state index in [0.29, 0.717) is 23.1 Å². The second-order valence-electron chi connectivity index (χ2n) is 5.61. The van der Waals surface area contributed by atoms with Gasteiger partial charge in [0.2, 0.25) is 6.41 Å². The van der Waals surface area contributed by atoms with Gasteiger partial charge in [0.15, 0.2) is 0 Å². The lowest BCUT2D eigenvalue weighted by atomic mass is 10.1. The summed E-state index contributed by atoms with van der Waals surface area (Å²) in [4.78, 5) is 21.2. The monoisotopic (exact) mass is 379 g/mol. The van der Waals surface area contributed by atoms with Crippen LogP contribution in [0.1, 0.15) is 42.6 Å². The molecule has 0 radical (unpaired) electrons. The maximum atomic E-state index is 12.6. The van der Waals surface area contributed by atoms with E-state index in [4.69, 9.17) is 21.1 Å². The third-order valence-electron chi connectivity index (χ3n) is 3.55. The molecule has 0 saturated carbocycles. The molecule has 0 aliphatic rings. The Hall–Kier alpha value is -2.47. The van der Waals surface area contributed by atoms with E-state index in [-0.39, 0.29) is 12.3 Å². The zero-order valence-electron chi connectivity index (χ0n) is 15.4. The van der Waals surface area contributed by atoms with E-state index in [9.17, 15) is 4.79 Å². The Kier molecular flexibility index (Phi) is 9.30. The van der Waals surface area contributed by atoms with E-state index in [0.717, 1.165) is 30.5 Å². The molecule has 1 aromatic heterocycles. The van der Waals surface area contributed by atoms with Crippen molar-refractivity contribution >= 4 is 29.6 Å². The number of anilines is 1. The first-order valence-electron chi connectivity index (χ1n) is 8.52. The maximum Gasteiger partial charge on any atom is 0.259 e. The van der Waals surface area contributed by atoms with Crippen LogP contribution in [0.4, 0.5) is 5.69 Å². The normalized spacial score (nSPS) is 9.85. The number of carbonyl (C=O) groups is 2. The summed E-state index contributed by atoms with van der Waals surface area (Å²) in [5.41, 5.74) is 6.43. The molecule has 3 N–H and O–H groups in total. The van der Waals surface area contributed by atoms with Gasteiger partial charge < -0.3 is 20.4 Å². The maximum absolute atomic E-state index is 12.6. The second kappa shape index (κ2) is 11.2. The molecule has 0 saturated heterocycles. The average molecular weight is 380 g/mol. The molecule has 2 amide bonds. The van der Waals surface area contributed by atoms with E-state index >= 15 is 0 Å². The van der Waals surface area contributed by atoms with Gasteiger partial charge in [-0.1, -0.05) is 44.0 Å². The molecular formula is C19H26ClN3O3. The van der Waals surface area contributed by atoms with Crippen LogP contribution >= 0.6 is 11.6 Å². The fourth-order valence-corrected chi connectivity index (χ4v) is 2.67. The van der Waals surface area contributed by atoms with Gasteiger partial charge in [-0.2, -0.15) is 0 Å². The van der Waals surface area contributed by atoms with E-state index < -0.39 is 0 Å². The number of nitrogens with two attached hydrogens (primary N) is 1. The quantitative estimate of drug-likeness (QED) is 0.718. The first kappa shape index (κ1) is 21.6. The molecule has 0 bridgehead atoms. The lowest BCUT2D eigenvalue weighted by Gasteiger charge is -2.11. The van der Waals surface area contributed by atoms with Crippen LogP contribution in [0.25, 0.3) is 0 Å². The molecule has 0 atom stereocenters. The predicted octanol–water partition coefficient (Wildman–Crippen LogP) is 3.77. The highest BCUT2D eigenvalue weighted by Gasteiger charge is 2.17. The Bertz CT molecular complexity index is 729. The smallest absolute Gasteiger partial charge is 0.259 e. The number of para-hydroxylation sites is 1. The molecule has 2 rings (SSSR count). The van der Waals surface area contributed by atoms with Crippen molar-refractivity contribution in [3.8, 4) is 5.75 Å². The third kappa shape index (κ3) is 5.81. The van der Waals surface area contributed by atoms with Gasteiger partial charge in [-0.05, 0) is 25.0 Å². The summed E-state index contributed by atoms with van der Waals surface area (Å²) < 4.78 is 7.48. The number of amides is 2. The Morgan fingerprint density at radius 3 is 2.58 bits per heavy atom. The van der Waals surface area contributed by atoms with Crippen molar-refractivity contribution in [3.63, 3.8) is 0 Å². The van der Waals surface area contributed by atoms with Gasteiger partial charge in [-0.25, -0.2) is 0 Å². The van der Waals surface area contributed by atoms with Crippen molar-refractivity contribution in [1.82, 2.24) is 4.57 Å². The van der Waals surface area contributed by atoms with Crippen molar-refractivity contribution in [2.45, 2.75) is 33.1 Å². The fraction of sp³-hybridized carbons (Fsp3) is 0.368. The minimum Gasteiger partial charge on any atom is -0.493 e. The van der Waals surface area contributed by atoms with Crippen LogP contribution in [0.5, 0.6) is 5.75 Å². The Morgan fingerprint density at radius 1 is 1.31 bits per heavy atom. The van der Waals surface area contributed by atoms with Gasteiger partial charge in [0.25, 0.3) is 5.91 Å². The number of aromatic nitrogens is 1. The van der Waals surface area contributed by atoms with Crippen LogP contribution in [0.2, 0.25) is 5.15 Å². The highest BCUT2D eigenvalue weighted by molar-refractivity contribution is 6.31. The number of nitrogens with zero attached hydrogens (tertiary/aromatic N) is 1. The van der Waals surface area contributed by atoms with Crippen molar-refractivity contribution in [2.75, 3.05) is 11.9 Å². The van der Waals surface area contributed by atoms with Crippen LogP contribution < -0.4 is 15.8 Å². The first-order valence-corrected chi connectivity index (χ1v) is 8.90. The highest BCUT2D eigenvalue weighted by Crippen LogP contribution is 2.29. The topological polar surface area (TPSA) is 86.3 Å². The van der Waals surface area contributed by atoms with Crippen molar-refractivity contribution in [3.05, 3.63) is 46.7 Å². The number of primary amides is 1. The molecule has 0 fully saturated rings. The molecule has 1 aromatic carbocycles. The van der Waals surface area contributed by atoms with Crippen molar-refractivity contribution in [2.24, 2.45) is 12.8 Å². The predicted molar refractivity (Wildman–Crippen MR) is 105 cm³/mol. The Balaban J connectivity index is 0.00000105. The number of aryl methyl sites for hydroxylation is 1. The summed E-state index contributed by atoms with van der Waals surface area (Å²) in [6.45, 7) is 4.71. The van der Waals surface area contributed by atoms with Gasteiger partial charge in [0, 0.05) is 18.8 Å². The van der Waals surface area contributed by atoms with Crippen molar-refractivity contribution < 1.29 is 14.3 Å². The molecule has 142 valence electrons. The SMILES string of the molecule is CCCOc1ccccc1C(=O)Nc1cn(C)c(Cl)c1CCC.NC=O. The van der Waals surface area contributed by atoms with Gasteiger partial charge in [0.05, 0.1) is 17.9 Å². The lowest BCUT2D eigenvalue weighted by Crippen LogP contribution is -2.14. The summed E-state index contributed by atoms with van der Waals surface area (Å²) in [5.74, 6) is 0.419. The molecular weight excluding hydrogens is 354 g/mol. The summed E-state index contributed by atoms with van der Waals surface area (Å²) in [6, 6.07) is 7.28. The lowest BCUT2D eigenvalue weighted by molar-refractivity contribution is -0.106. The second-order valence-corrected chi connectivity index (χ2v) is 5.97. The summed E-state index contributed by atoms with van der Waals surface area (Å²) >= 11 is 6.31. The first-order chi connectivity index (χ1) is 12.5. The minimum absolute atomic E-state index is 0.184. The number of rotatable bonds is 7. The van der Waals surface area contributed by atoms with E-state index in [2.05, 4.69) is 18.0 Å². The number of hydrogen-bond donors (Lipinski definition) is 2. The molecule has 1 heterocycles. The number of ether oxygens (including phenoxy) is 1. The molecule has 0 aliphatic heterocycles. The zero-order valence-corrected chi connectivity index (χ0v) is 16.2. The van der Waals surface area contributed by atoms with Gasteiger partial charge in [-0.3, -0.25) is 9.59 Å². The average Bonchev–Trinajstić information content (AvgIpc) is 2.88. The molecule has 6 nitrogen and oxygen atoms in total. The summed E-state index contributed by atoms with van der Waals surface area (Å²) in [7, 11) is 1.87. The molecule has 26 heavy (non-hydrogen) atoms. The number of nitrogens with one attached hydrogen (secondary N) is 1. The highest BCUT2D eigenvalue weighted by atomic mass is 35.5. The van der Waals surface area contributed by atoms with Crippen LogP contribution in [0.3, 0.4) is 0 Å². The molecule has 2 aromatic rings. The van der Waals surface area contributed by atoms with E-state index in [1.54, 1.807) is 6.07 Å².